The van der Waals surface area contributed by atoms with Crippen molar-refractivity contribution in [1.29, 1.82) is 0 Å². The third-order valence-corrected chi connectivity index (χ3v) is 5.29. The van der Waals surface area contributed by atoms with E-state index >= 15 is 0 Å². The maximum Gasteiger partial charge on any atom is 1.00 e. The van der Waals surface area contributed by atoms with Crippen molar-refractivity contribution in [1.82, 2.24) is 5.32 Å². The van der Waals surface area contributed by atoms with Crippen LogP contribution in [-0.2, 0) is 14.4 Å². The Morgan fingerprint density at radius 3 is 1.42 bits per heavy atom. The van der Waals surface area contributed by atoms with Gasteiger partial charge in [-0.2, -0.15) is 0 Å². The summed E-state index contributed by atoms with van der Waals surface area (Å²) in [6.45, 7) is 2.25. The molecule has 6 nitrogen and oxygen atoms in total. The number of carbonyl (C=O) groups is 3. The first-order chi connectivity index (χ1) is 14.0. The Hall–Kier alpha value is 0.410. The van der Waals surface area contributed by atoms with Gasteiger partial charge in [-0.15, -0.1) is 0 Å². The number of nitrogens with one attached hydrogen (secondary N) is 1. The molecule has 0 aromatic rings. The van der Waals surface area contributed by atoms with Crippen LogP contribution in [0.25, 0.3) is 0 Å². The molecule has 0 rings (SSSR count). The van der Waals surface area contributed by atoms with Crippen molar-refractivity contribution in [3.63, 3.8) is 0 Å². The first kappa shape index (κ1) is 36.0. The molecule has 0 bridgehead atoms. The first-order valence-electron chi connectivity index (χ1n) is 11.7. The summed E-state index contributed by atoms with van der Waals surface area (Å²) < 4.78 is 0. The Morgan fingerprint density at radius 1 is 0.677 bits per heavy atom. The summed E-state index contributed by atoms with van der Waals surface area (Å²) in [6, 6.07) is -1.12. The molecule has 0 aromatic heterocycles. The van der Waals surface area contributed by atoms with Crippen molar-refractivity contribution < 1.29 is 86.6 Å². The van der Waals surface area contributed by atoms with Crippen molar-refractivity contribution in [3.8, 4) is 0 Å². The molecule has 0 saturated carbocycles. The minimum Gasteiger partial charge on any atom is -1.00 e. The molecule has 0 aliphatic heterocycles. The van der Waals surface area contributed by atoms with Crippen LogP contribution in [0.1, 0.15) is 125 Å². The Labute approximate surface area is 236 Å². The standard InChI is InChI=1S/C23H43NO5.2Na.2H/c1-2-3-4-5-6-7-8-9-10-11-12-13-14-15-16-17-21(25)24-20(23(28)29)18-19-22(26)27;;;;/h20H,2-19H2,1H3,(H,24,25)(H,26,27)(H,28,29);;;;/q;2*+1;2*-1/t20-;;;;/m0..../s1. The van der Waals surface area contributed by atoms with Crippen LogP contribution in [0.2, 0.25) is 0 Å². The third-order valence-electron chi connectivity index (χ3n) is 5.29. The van der Waals surface area contributed by atoms with Gasteiger partial charge in [-0.05, 0) is 12.8 Å². The largest absolute Gasteiger partial charge is 1.00 e. The fraction of sp³-hybridized carbons (Fsp3) is 0.870. The topological polar surface area (TPSA) is 104 Å². The van der Waals surface area contributed by atoms with E-state index in [1.807, 2.05) is 0 Å². The quantitative estimate of drug-likeness (QED) is 0.164. The van der Waals surface area contributed by atoms with Crippen molar-refractivity contribution >= 4 is 17.8 Å². The molecule has 174 valence electrons. The van der Waals surface area contributed by atoms with Crippen molar-refractivity contribution in [2.24, 2.45) is 0 Å². The molecule has 0 saturated heterocycles. The van der Waals surface area contributed by atoms with E-state index in [0.717, 1.165) is 19.3 Å². The van der Waals surface area contributed by atoms with Gasteiger partial charge in [0, 0.05) is 12.8 Å². The summed E-state index contributed by atoms with van der Waals surface area (Å²) in [5.41, 5.74) is 0. The molecule has 8 heteroatoms. The second kappa shape index (κ2) is 26.7. The zero-order valence-electron chi connectivity index (χ0n) is 22.4. The Morgan fingerprint density at radius 2 is 1.06 bits per heavy atom. The minimum atomic E-state index is -1.18. The van der Waals surface area contributed by atoms with Crippen LogP contribution in [0.5, 0.6) is 0 Å². The van der Waals surface area contributed by atoms with E-state index in [2.05, 4.69) is 12.2 Å². The fourth-order valence-corrected chi connectivity index (χ4v) is 3.45. The SMILES string of the molecule is CCCCCCCCCCCCCCCCCC(=O)N[C@@H](CCC(=O)O)C(=O)O.[H-].[H-].[Na+].[Na+]. The molecule has 3 N–H and O–H groups in total. The van der Waals surface area contributed by atoms with Gasteiger partial charge >= 0.3 is 71.1 Å². The maximum absolute atomic E-state index is 11.8. The molecule has 0 spiro atoms. The molecule has 0 unspecified atom stereocenters. The van der Waals surface area contributed by atoms with E-state index in [-0.39, 0.29) is 80.7 Å². The summed E-state index contributed by atoms with van der Waals surface area (Å²) in [5.74, 6) is -2.55. The van der Waals surface area contributed by atoms with Gasteiger partial charge < -0.3 is 18.4 Å². The Bertz CT molecular complexity index is 461. The molecule has 0 aliphatic rings. The number of unbranched alkanes of at least 4 members (excludes halogenated alkanes) is 14. The summed E-state index contributed by atoms with van der Waals surface area (Å²) in [5, 5.41) is 20.1. The maximum atomic E-state index is 11.8. The molecule has 0 heterocycles. The van der Waals surface area contributed by atoms with Gasteiger partial charge in [0.05, 0.1) is 0 Å². The van der Waals surface area contributed by atoms with Gasteiger partial charge in [0.1, 0.15) is 6.04 Å². The van der Waals surface area contributed by atoms with Gasteiger partial charge in [0.2, 0.25) is 5.91 Å². The van der Waals surface area contributed by atoms with Crippen molar-refractivity contribution in [2.45, 2.75) is 129 Å². The molecule has 0 aliphatic carbocycles. The van der Waals surface area contributed by atoms with Crippen LogP contribution < -0.4 is 64.4 Å². The Kier molecular flexibility index (Phi) is 31.0. The second-order valence-corrected chi connectivity index (χ2v) is 8.09. The molecule has 0 aromatic carbocycles. The number of carboxylic acid groups (broad SMARTS) is 2. The van der Waals surface area contributed by atoms with E-state index < -0.39 is 18.0 Å². The summed E-state index contributed by atoms with van der Waals surface area (Å²) in [7, 11) is 0. The van der Waals surface area contributed by atoms with Gasteiger partial charge in [0.15, 0.2) is 0 Å². The number of hydrogen-bond donors (Lipinski definition) is 3. The van der Waals surface area contributed by atoms with E-state index in [1.54, 1.807) is 0 Å². The zero-order valence-corrected chi connectivity index (χ0v) is 24.4. The smallest absolute Gasteiger partial charge is 1.00 e. The van der Waals surface area contributed by atoms with Crippen LogP contribution in [0.4, 0.5) is 0 Å². The zero-order chi connectivity index (χ0) is 21.7. The number of hydrogen-bond acceptors (Lipinski definition) is 3. The van der Waals surface area contributed by atoms with E-state index in [1.165, 1.54) is 77.0 Å². The van der Waals surface area contributed by atoms with Crippen LogP contribution in [0.3, 0.4) is 0 Å². The van der Waals surface area contributed by atoms with Crippen molar-refractivity contribution in [3.05, 3.63) is 0 Å². The first-order valence-corrected chi connectivity index (χ1v) is 11.7. The van der Waals surface area contributed by atoms with Gasteiger partial charge in [-0.25, -0.2) is 4.79 Å². The van der Waals surface area contributed by atoms with E-state index in [4.69, 9.17) is 10.2 Å². The van der Waals surface area contributed by atoms with Gasteiger partial charge in [0.25, 0.3) is 0 Å². The monoisotopic (exact) mass is 461 g/mol. The minimum absolute atomic E-state index is 0. The predicted molar refractivity (Wildman–Crippen MR) is 118 cm³/mol. The number of rotatable bonds is 21. The summed E-state index contributed by atoms with van der Waals surface area (Å²) in [6.07, 6.45) is 18.8. The number of amides is 1. The average Bonchev–Trinajstić information content (AvgIpc) is 2.67. The van der Waals surface area contributed by atoms with E-state index in [0.29, 0.717) is 6.42 Å². The molecule has 1 amide bonds. The van der Waals surface area contributed by atoms with Crippen LogP contribution in [0.15, 0.2) is 0 Å². The number of carboxylic acids is 2. The van der Waals surface area contributed by atoms with Crippen LogP contribution >= 0.6 is 0 Å². The normalized spacial score (nSPS) is 11.1. The molecule has 31 heavy (non-hydrogen) atoms. The Balaban J connectivity index is -0.000000653. The molecule has 0 radical (unpaired) electrons. The summed E-state index contributed by atoms with van der Waals surface area (Å²) in [4.78, 5) is 33.4. The molecular weight excluding hydrogens is 416 g/mol. The number of aliphatic carboxylic acids is 2. The fourth-order valence-electron chi connectivity index (χ4n) is 3.45. The van der Waals surface area contributed by atoms with Crippen LogP contribution in [-0.4, -0.2) is 34.1 Å². The number of carbonyl (C=O) groups excluding carboxylic acids is 1. The average molecular weight is 462 g/mol. The van der Waals surface area contributed by atoms with Gasteiger partial charge in [-0.1, -0.05) is 96.8 Å². The van der Waals surface area contributed by atoms with Gasteiger partial charge in [-0.3, -0.25) is 9.59 Å². The summed E-state index contributed by atoms with van der Waals surface area (Å²) >= 11 is 0. The predicted octanol–water partition coefficient (Wildman–Crippen LogP) is -0.0849. The van der Waals surface area contributed by atoms with Crippen molar-refractivity contribution in [2.75, 3.05) is 0 Å². The molecular formula is C23H45NNa2O5. The molecule has 1 atom stereocenters. The molecule has 0 fully saturated rings. The van der Waals surface area contributed by atoms with E-state index in [9.17, 15) is 14.4 Å². The van der Waals surface area contributed by atoms with Crippen LogP contribution in [0, 0.1) is 0 Å². The second-order valence-electron chi connectivity index (χ2n) is 8.09. The third kappa shape index (κ3) is 26.5.